The van der Waals surface area contributed by atoms with Crippen LogP contribution >= 0.6 is 11.3 Å². The largest absolute Gasteiger partial charge is 0.485 e. The van der Waals surface area contributed by atoms with Crippen molar-refractivity contribution in [3.05, 3.63) is 34.2 Å². The second kappa shape index (κ2) is 7.22. The average molecular weight is 370 g/mol. The van der Waals surface area contributed by atoms with Gasteiger partial charge in [-0.05, 0) is 25.0 Å². The first-order valence-corrected chi connectivity index (χ1v) is 9.42. The topological polar surface area (TPSA) is 87.5 Å². The van der Waals surface area contributed by atoms with E-state index in [0.29, 0.717) is 35.2 Å². The van der Waals surface area contributed by atoms with Gasteiger partial charge in [-0.15, -0.1) is 11.3 Å². The van der Waals surface area contributed by atoms with Gasteiger partial charge in [0.05, 0.1) is 5.56 Å². The van der Waals surface area contributed by atoms with Gasteiger partial charge < -0.3 is 19.7 Å². The van der Waals surface area contributed by atoms with Gasteiger partial charge in [0.1, 0.15) is 30.0 Å². The standard InChI is InChI=1S/C18H18N4O3S/c19-10-12-2-1-5-20-17(12)22-6-3-13(4-7-22)21-18(23)16-15-14(11-26-16)24-8-9-25-15/h1-2,5,11,13H,3-4,6-9H2,(H,21,23). The maximum absolute atomic E-state index is 12.6. The molecule has 2 aliphatic heterocycles. The van der Waals surface area contributed by atoms with Crippen molar-refractivity contribution in [2.75, 3.05) is 31.2 Å². The molecule has 1 amide bonds. The van der Waals surface area contributed by atoms with E-state index in [0.717, 1.165) is 31.7 Å². The first-order chi connectivity index (χ1) is 12.8. The number of aromatic nitrogens is 1. The van der Waals surface area contributed by atoms with Crippen LogP contribution in [0.5, 0.6) is 11.5 Å². The van der Waals surface area contributed by atoms with Crippen molar-refractivity contribution < 1.29 is 14.3 Å². The quantitative estimate of drug-likeness (QED) is 0.891. The van der Waals surface area contributed by atoms with Crippen molar-refractivity contribution in [1.82, 2.24) is 10.3 Å². The molecule has 7 nitrogen and oxygen atoms in total. The van der Waals surface area contributed by atoms with Crippen molar-refractivity contribution in [3.8, 4) is 17.6 Å². The van der Waals surface area contributed by atoms with E-state index in [9.17, 15) is 10.1 Å². The maximum atomic E-state index is 12.6. The monoisotopic (exact) mass is 370 g/mol. The van der Waals surface area contributed by atoms with E-state index in [4.69, 9.17) is 9.47 Å². The zero-order chi connectivity index (χ0) is 17.9. The van der Waals surface area contributed by atoms with Crippen LogP contribution in [0.1, 0.15) is 28.1 Å². The fourth-order valence-electron chi connectivity index (χ4n) is 3.24. The number of nitrogens with one attached hydrogen (secondary N) is 1. The van der Waals surface area contributed by atoms with Gasteiger partial charge in [-0.1, -0.05) is 0 Å². The van der Waals surface area contributed by atoms with E-state index in [-0.39, 0.29) is 11.9 Å². The molecule has 1 N–H and O–H groups in total. The molecule has 1 saturated heterocycles. The Bertz CT molecular complexity index is 852. The lowest BCUT2D eigenvalue weighted by molar-refractivity contribution is 0.0926. The molecule has 2 aliphatic rings. The first-order valence-electron chi connectivity index (χ1n) is 8.54. The Morgan fingerprint density at radius 2 is 2.15 bits per heavy atom. The molecule has 8 heteroatoms. The summed E-state index contributed by atoms with van der Waals surface area (Å²) >= 11 is 1.35. The van der Waals surface area contributed by atoms with Crippen molar-refractivity contribution in [2.24, 2.45) is 0 Å². The smallest absolute Gasteiger partial charge is 0.265 e. The number of piperidine rings is 1. The number of amides is 1. The molecule has 0 spiro atoms. The Kier molecular flexibility index (Phi) is 4.63. The van der Waals surface area contributed by atoms with E-state index in [1.807, 2.05) is 5.38 Å². The summed E-state index contributed by atoms with van der Waals surface area (Å²) in [6.07, 6.45) is 3.31. The van der Waals surface area contributed by atoms with Gasteiger partial charge in [-0.2, -0.15) is 5.26 Å². The molecule has 4 rings (SSSR count). The zero-order valence-electron chi connectivity index (χ0n) is 14.1. The van der Waals surface area contributed by atoms with E-state index >= 15 is 0 Å². The fourth-order valence-corrected chi connectivity index (χ4v) is 4.07. The summed E-state index contributed by atoms with van der Waals surface area (Å²) in [5.41, 5.74) is 0.581. The Hall–Kier alpha value is -2.79. The minimum atomic E-state index is -0.115. The summed E-state index contributed by atoms with van der Waals surface area (Å²) < 4.78 is 11.1. The second-order valence-electron chi connectivity index (χ2n) is 6.18. The number of hydrogen-bond acceptors (Lipinski definition) is 7. The van der Waals surface area contributed by atoms with Gasteiger partial charge in [0.2, 0.25) is 0 Å². The molecule has 26 heavy (non-hydrogen) atoms. The van der Waals surface area contributed by atoms with Crippen molar-refractivity contribution in [1.29, 1.82) is 5.26 Å². The number of nitriles is 1. The van der Waals surface area contributed by atoms with Crippen LogP contribution < -0.4 is 19.7 Å². The lowest BCUT2D eigenvalue weighted by Crippen LogP contribution is -2.45. The Morgan fingerprint density at radius 1 is 1.35 bits per heavy atom. The molecule has 0 aromatic carbocycles. The fraction of sp³-hybridized carbons (Fsp3) is 0.389. The van der Waals surface area contributed by atoms with Gasteiger partial charge in [-0.25, -0.2) is 4.98 Å². The minimum absolute atomic E-state index is 0.0928. The highest BCUT2D eigenvalue weighted by atomic mass is 32.1. The van der Waals surface area contributed by atoms with Gasteiger partial charge >= 0.3 is 0 Å². The van der Waals surface area contributed by atoms with Crippen LogP contribution in [0.25, 0.3) is 0 Å². The van der Waals surface area contributed by atoms with Gasteiger partial charge in [0, 0.05) is 30.7 Å². The third kappa shape index (κ3) is 3.18. The third-order valence-corrected chi connectivity index (χ3v) is 5.48. The third-order valence-electron chi connectivity index (χ3n) is 4.54. The molecular formula is C18H18N4O3S. The molecule has 2 aromatic rings. The van der Waals surface area contributed by atoms with E-state index in [1.165, 1.54) is 11.3 Å². The van der Waals surface area contributed by atoms with Crippen LogP contribution in [-0.2, 0) is 0 Å². The van der Waals surface area contributed by atoms with E-state index in [2.05, 4.69) is 21.3 Å². The van der Waals surface area contributed by atoms with Crippen LogP contribution in [0.15, 0.2) is 23.7 Å². The molecule has 0 radical (unpaired) electrons. The maximum Gasteiger partial charge on any atom is 0.265 e. The van der Waals surface area contributed by atoms with Crippen LogP contribution in [0.3, 0.4) is 0 Å². The highest BCUT2D eigenvalue weighted by molar-refractivity contribution is 7.12. The van der Waals surface area contributed by atoms with Crippen LogP contribution in [0.4, 0.5) is 5.82 Å². The number of nitrogens with zero attached hydrogens (tertiary/aromatic N) is 3. The molecule has 0 unspecified atom stereocenters. The summed E-state index contributed by atoms with van der Waals surface area (Å²) in [7, 11) is 0. The molecule has 0 saturated carbocycles. The van der Waals surface area contributed by atoms with Crippen LogP contribution in [0, 0.1) is 11.3 Å². The number of anilines is 1. The summed E-state index contributed by atoms with van der Waals surface area (Å²) in [6.45, 7) is 2.48. The first kappa shape index (κ1) is 16.7. The lowest BCUT2D eigenvalue weighted by Gasteiger charge is -2.33. The van der Waals surface area contributed by atoms with Crippen molar-refractivity contribution in [3.63, 3.8) is 0 Å². The molecule has 0 bridgehead atoms. The van der Waals surface area contributed by atoms with E-state index in [1.54, 1.807) is 18.3 Å². The highest BCUT2D eigenvalue weighted by Gasteiger charge is 2.27. The number of carbonyl (C=O) groups excluding carboxylic acids is 1. The minimum Gasteiger partial charge on any atom is -0.485 e. The van der Waals surface area contributed by atoms with Gasteiger partial charge in [-0.3, -0.25) is 4.79 Å². The average Bonchev–Trinajstić information content (AvgIpc) is 3.13. The Labute approximate surface area is 155 Å². The van der Waals surface area contributed by atoms with Gasteiger partial charge in [0.25, 0.3) is 5.91 Å². The molecule has 2 aromatic heterocycles. The predicted molar refractivity (Wildman–Crippen MR) is 97.0 cm³/mol. The molecular weight excluding hydrogens is 352 g/mol. The zero-order valence-corrected chi connectivity index (χ0v) is 14.9. The number of carbonyl (C=O) groups is 1. The molecule has 4 heterocycles. The summed E-state index contributed by atoms with van der Waals surface area (Å²) in [6, 6.07) is 5.82. The summed E-state index contributed by atoms with van der Waals surface area (Å²) in [5.74, 6) is 1.82. The Balaban J connectivity index is 1.38. The lowest BCUT2D eigenvalue weighted by atomic mass is 10.0. The summed E-state index contributed by atoms with van der Waals surface area (Å²) in [4.78, 5) is 19.6. The second-order valence-corrected chi connectivity index (χ2v) is 7.06. The molecule has 134 valence electrons. The number of pyridine rings is 1. The molecule has 1 fully saturated rings. The Morgan fingerprint density at radius 3 is 2.96 bits per heavy atom. The number of rotatable bonds is 3. The van der Waals surface area contributed by atoms with Crippen molar-refractivity contribution in [2.45, 2.75) is 18.9 Å². The highest BCUT2D eigenvalue weighted by Crippen LogP contribution is 2.39. The number of ether oxygens (including phenoxy) is 2. The molecule has 0 atom stereocenters. The predicted octanol–water partition coefficient (Wildman–Crippen LogP) is 2.18. The number of thiophene rings is 1. The van der Waals surface area contributed by atoms with E-state index < -0.39 is 0 Å². The van der Waals surface area contributed by atoms with Gasteiger partial charge in [0.15, 0.2) is 11.5 Å². The number of fused-ring (bicyclic) bond motifs is 1. The number of hydrogen-bond donors (Lipinski definition) is 1. The molecule has 0 aliphatic carbocycles. The SMILES string of the molecule is N#Cc1cccnc1N1CCC(NC(=O)c2scc3c2OCCO3)CC1. The van der Waals surface area contributed by atoms with Crippen molar-refractivity contribution >= 4 is 23.1 Å². The normalized spacial score (nSPS) is 16.8. The van der Waals surface area contributed by atoms with Crippen LogP contribution in [-0.4, -0.2) is 43.2 Å². The summed E-state index contributed by atoms with van der Waals surface area (Å²) in [5, 5.41) is 14.1. The van der Waals surface area contributed by atoms with Crippen LogP contribution in [0.2, 0.25) is 0 Å².